The van der Waals surface area contributed by atoms with Gasteiger partial charge in [0.05, 0.1) is 19.9 Å². The van der Waals surface area contributed by atoms with Crippen molar-refractivity contribution in [2.24, 2.45) is 5.73 Å². The van der Waals surface area contributed by atoms with Gasteiger partial charge in [-0.2, -0.15) is 0 Å². The predicted octanol–water partition coefficient (Wildman–Crippen LogP) is 3.04. The second kappa shape index (κ2) is 9.67. The lowest BCUT2D eigenvalue weighted by Gasteiger charge is -2.30. The Morgan fingerprint density at radius 1 is 1.03 bits per heavy atom. The van der Waals surface area contributed by atoms with Crippen LogP contribution in [0, 0.1) is 13.8 Å². The number of aryl methyl sites for hydroxylation is 1. The smallest absolute Gasteiger partial charge is 0.270 e. The lowest BCUT2D eigenvalue weighted by atomic mass is 10.1. The molecule has 0 spiro atoms. The number of amides is 3. The molecule has 10 heteroatoms. The van der Waals surface area contributed by atoms with Gasteiger partial charge in [0.25, 0.3) is 11.8 Å². The zero-order chi connectivity index (χ0) is 26.1. The monoisotopic (exact) mass is 504 g/mol. The molecule has 0 aliphatic carbocycles. The van der Waals surface area contributed by atoms with Crippen LogP contribution in [-0.2, 0) is 9.59 Å². The maximum absolute atomic E-state index is 13.5. The third-order valence-electron chi connectivity index (χ3n) is 5.91. The van der Waals surface area contributed by atoms with Crippen molar-refractivity contribution < 1.29 is 23.9 Å². The van der Waals surface area contributed by atoms with Gasteiger partial charge in [0.15, 0.2) is 5.11 Å². The molecule has 1 fully saturated rings. The van der Waals surface area contributed by atoms with E-state index in [1.54, 1.807) is 48.5 Å². The molecule has 0 atom stereocenters. The average Bonchev–Trinajstić information content (AvgIpc) is 3.14. The molecule has 1 aliphatic heterocycles. The van der Waals surface area contributed by atoms with Gasteiger partial charge in [0.1, 0.15) is 17.1 Å². The Hall–Kier alpha value is -4.44. The van der Waals surface area contributed by atoms with Crippen LogP contribution < -0.4 is 25.4 Å². The fourth-order valence-electron chi connectivity index (χ4n) is 4.11. The number of carbonyl (C=O) groups excluding carboxylic acids is 3. The van der Waals surface area contributed by atoms with Gasteiger partial charge in [-0.15, -0.1) is 0 Å². The van der Waals surface area contributed by atoms with Crippen molar-refractivity contribution in [2.45, 2.75) is 13.8 Å². The molecule has 3 N–H and O–H groups in total. The van der Waals surface area contributed by atoms with Crippen molar-refractivity contribution in [3.63, 3.8) is 0 Å². The lowest BCUT2D eigenvalue weighted by Crippen LogP contribution is -2.54. The van der Waals surface area contributed by atoms with Gasteiger partial charge < -0.3 is 19.8 Å². The highest BCUT2D eigenvalue weighted by atomic mass is 32.1. The second-order valence-corrected chi connectivity index (χ2v) is 8.46. The van der Waals surface area contributed by atoms with Gasteiger partial charge >= 0.3 is 0 Å². The third-order valence-corrected chi connectivity index (χ3v) is 6.19. The van der Waals surface area contributed by atoms with E-state index in [-0.39, 0.29) is 10.7 Å². The van der Waals surface area contributed by atoms with E-state index in [0.29, 0.717) is 28.3 Å². The maximum atomic E-state index is 13.5. The number of nitrogens with one attached hydrogen (secondary N) is 1. The number of nitrogens with two attached hydrogens (primary N) is 1. The molecule has 1 saturated heterocycles. The number of hydrogen-bond donors (Lipinski definition) is 2. The van der Waals surface area contributed by atoms with Crippen LogP contribution in [0.2, 0.25) is 0 Å². The van der Waals surface area contributed by atoms with E-state index in [0.717, 1.165) is 17.1 Å². The van der Waals surface area contributed by atoms with Crippen LogP contribution in [0.4, 0.5) is 5.69 Å². The van der Waals surface area contributed by atoms with E-state index >= 15 is 0 Å². The molecule has 0 saturated carbocycles. The number of nitrogens with zero attached hydrogens (tertiary/aromatic N) is 2. The Bertz CT molecular complexity index is 1440. The summed E-state index contributed by atoms with van der Waals surface area (Å²) < 4.78 is 12.6. The van der Waals surface area contributed by atoms with Gasteiger partial charge in [-0.3, -0.25) is 19.7 Å². The first kappa shape index (κ1) is 24.7. The first-order valence-electron chi connectivity index (χ1n) is 10.9. The molecular formula is C26H24N4O5S. The van der Waals surface area contributed by atoms with E-state index in [1.165, 1.54) is 19.1 Å². The number of ether oxygens (including phenoxy) is 2. The zero-order valence-corrected chi connectivity index (χ0v) is 20.9. The minimum Gasteiger partial charge on any atom is -0.497 e. The normalized spacial score (nSPS) is 14.7. The molecule has 1 aliphatic rings. The van der Waals surface area contributed by atoms with E-state index in [4.69, 9.17) is 27.4 Å². The van der Waals surface area contributed by atoms with Crippen molar-refractivity contribution in [1.29, 1.82) is 0 Å². The van der Waals surface area contributed by atoms with Crippen LogP contribution in [0.25, 0.3) is 11.8 Å². The third kappa shape index (κ3) is 4.34. The van der Waals surface area contributed by atoms with E-state index in [1.807, 2.05) is 24.5 Å². The fourth-order valence-corrected chi connectivity index (χ4v) is 4.38. The lowest BCUT2D eigenvalue weighted by molar-refractivity contribution is -0.122. The first-order chi connectivity index (χ1) is 17.2. The van der Waals surface area contributed by atoms with Crippen molar-refractivity contribution in [1.82, 2.24) is 9.88 Å². The summed E-state index contributed by atoms with van der Waals surface area (Å²) >= 11 is 5.32. The van der Waals surface area contributed by atoms with Crippen LogP contribution >= 0.6 is 12.2 Å². The number of primary amides is 1. The number of thiocarbonyl (C=S) groups is 1. The molecule has 4 rings (SSSR count). The average molecular weight is 505 g/mol. The van der Waals surface area contributed by atoms with Crippen molar-refractivity contribution in [3.05, 3.63) is 76.6 Å². The Labute approximate surface area is 213 Å². The molecule has 3 amide bonds. The summed E-state index contributed by atoms with van der Waals surface area (Å²) in [7, 11) is 2.99. The molecule has 36 heavy (non-hydrogen) atoms. The van der Waals surface area contributed by atoms with Crippen LogP contribution in [0.15, 0.2) is 54.1 Å². The summed E-state index contributed by atoms with van der Waals surface area (Å²) in [4.78, 5) is 39.0. The number of aromatic nitrogens is 1. The van der Waals surface area contributed by atoms with Crippen LogP contribution in [0.1, 0.15) is 27.3 Å². The van der Waals surface area contributed by atoms with Gasteiger partial charge in [-0.1, -0.05) is 0 Å². The molecule has 0 radical (unpaired) electrons. The molecule has 3 aromatic rings. The highest BCUT2D eigenvalue weighted by molar-refractivity contribution is 7.80. The first-order valence-corrected chi connectivity index (χ1v) is 11.3. The van der Waals surface area contributed by atoms with Crippen LogP contribution in [0.5, 0.6) is 11.5 Å². The van der Waals surface area contributed by atoms with E-state index < -0.39 is 17.7 Å². The molecule has 2 heterocycles. The summed E-state index contributed by atoms with van der Waals surface area (Å²) in [6.45, 7) is 3.78. The molecule has 0 unspecified atom stereocenters. The number of benzene rings is 2. The Balaban J connectivity index is 1.75. The Morgan fingerprint density at radius 2 is 1.72 bits per heavy atom. The summed E-state index contributed by atoms with van der Waals surface area (Å²) in [6, 6.07) is 13.7. The summed E-state index contributed by atoms with van der Waals surface area (Å²) in [5.74, 6) is -0.780. The standard InChI is InChI=1S/C26H24N4O5S/c1-14-11-17(15(2)29(14)18-7-5-16(6-8-18)23(27)31)12-20-24(32)28-26(36)30(25(20)33)21-10-9-19(34-3)13-22(21)35-4/h5-13H,1-4H3,(H2,27,31)(H,28,32,36)/b20-12+. The number of methoxy groups -OCH3 is 2. The molecule has 0 bridgehead atoms. The highest BCUT2D eigenvalue weighted by Crippen LogP contribution is 2.34. The number of hydrogen-bond acceptors (Lipinski definition) is 6. The largest absolute Gasteiger partial charge is 0.497 e. The molecule has 1 aromatic heterocycles. The minimum absolute atomic E-state index is 0.0503. The topological polar surface area (TPSA) is 116 Å². The van der Waals surface area contributed by atoms with Gasteiger partial charge in [-0.05, 0) is 80.2 Å². The molecular weight excluding hydrogens is 480 g/mol. The molecule has 9 nitrogen and oxygen atoms in total. The Kier molecular flexibility index (Phi) is 6.63. The summed E-state index contributed by atoms with van der Waals surface area (Å²) in [5.41, 5.74) is 9.20. The van der Waals surface area contributed by atoms with Gasteiger partial charge in [0.2, 0.25) is 5.91 Å². The summed E-state index contributed by atoms with van der Waals surface area (Å²) in [6.07, 6.45) is 1.54. The maximum Gasteiger partial charge on any atom is 0.270 e. The number of anilines is 1. The van der Waals surface area contributed by atoms with Gasteiger partial charge in [0, 0.05) is 28.7 Å². The van der Waals surface area contributed by atoms with Gasteiger partial charge in [-0.25, -0.2) is 4.90 Å². The zero-order valence-electron chi connectivity index (χ0n) is 20.1. The summed E-state index contributed by atoms with van der Waals surface area (Å²) in [5, 5.41) is 2.54. The quantitative estimate of drug-likeness (QED) is 0.303. The number of carbonyl (C=O) groups is 3. The minimum atomic E-state index is -0.593. The van der Waals surface area contributed by atoms with Crippen molar-refractivity contribution >= 4 is 46.8 Å². The predicted molar refractivity (Wildman–Crippen MR) is 140 cm³/mol. The van der Waals surface area contributed by atoms with E-state index in [2.05, 4.69) is 5.32 Å². The second-order valence-electron chi connectivity index (χ2n) is 8.07. The molecule has 2 aromatic carbocycles. The SMILES string of the molecule is COc1ccc(N2C(=O)/C(=C/c3cc(C)n(-c4ccc(C(N)=O)cc4)c3C)C(=O)NC2=S)c(OC)c1. The van der Waals surface area contributed by atoms with E-state index in [9.17, 15) is 14.4 Å². The number of rotatable bonds is 6. The Morgan fingerprint density at radius 3 is 2.33 bits per heavy atom. The van der Waals surface area contributed by atoms with Crippen molar-refractivity contribution in [2.75, 3.05) is 19.1 Å². The van der Waals surface area contributed by atoms with Crippen LogP contribution in [0.3, 0.4) is 0 Å². The molecule has 184 valence electrons. The highest BCUT2D eigenvalue weighted by Gasteiger charge is 2.36. The van der Waals surface area contributed by atoms with Crippen molar-refractivity contribution in [3.8, 4) is 17.2 Å². The fraction of sp³-hybridized carbons (Fsp3) is 0.154. The van der Waals surface area contributed by atoms with Crippen LogP contribution in [-0.4, -0.2) is 41.6 Å².